The molecular formula is C7H10N2O4. The molecule has 6 heteroatoms. The molecule has 0 bridgehead atoms. The Morgan fingerprint density at radius 3 is 2.46 bits per heavy atom. The number of carbonyl (C=O) groups is 2. The molecule has 0 radical (unpaired) electrons. The third kappa shape index (κ3) is 2.43. The van der Waals surface area contributed by atoms with Crippen molar-refractivity contribution in [3.8, 4) is 0 Å². The Balaban J connectivity index is 2.51. The fourth-order valence-corrected chi connectivity index (χ4v) is 1.05. The Labute approximate surface area is 74.5 Å². The van der Waals surface area contributed by atoms with Crippen LogP contribution in [0.25, 0.3) is 0 Å². The van der Waals surface area contributed by atoms with E-state index in [2.05, 4.69) is 4.99 Å². The third-order valence-corrected chi connectivity index (χ3v) is 1.77. The molecule has 0 aromatic heterocycles. The molecule has 0 aromatic rings. The molecule has 0 saturated carbocycles. The van der Waals surface area contributed by atoms with E-state index >= 15 is 0 Å². The minimum atomic E-state index is -1.37. The number of nitrogens with zero attached hydrogens (tertiary/aromatic N) is 2. The molecule has 0 spiro atoms. The van der Waals surface area contributed by atoms with Gasteiger partial charge in [0, 0.05) is 13.1 Å². The molecule has 6 nitrogen and oxygen atoms in total. The van der Waals surface area contributed by atoms with Crippen molar-refractivity contribution in [2.45, 2.75) is 0 Å². The molecular weight excluding hydrogens is 176 g/mol. The molecule has 1 rings (SSSR count). The lowest BCUT2D eigenvalue weighted by Gasteiger charge is -2.16. The van der Waals surface area contributed by atoms with Crippen molar-refractivity contribution in [1.29, 1.82) is 0 Å². The summed E-state index contributed by atoms with van der Waals surface area (Å²) in [6.07, 6.45) is 1.48. The summed E-state index contributed by atoms with van der Waals surface area (Å²) in [6, 6.07) is 0. The second-order valence-corrected chi connectivity index (χ2v) is 2.75. The molecule has 1 aliphatic rings. The largest absolute Gasteiger partial charge is 0.481 e. The SMILES string of the molecule is O=C(O)C(CN1C=NCC1)C(=O)O. The molecule has 72 valence electrons. The van der Waals surface area contributed by atoms with E-state index in [0.717, 1.165) is 0 Å². The monoisotopic (exact) mass is 186 g/mol. The number of rotatable bonds is 4. The van der Waals surface area contributed by atoms with E-state index in [4.69, 9.17) is 10.2 Å². The maximum Gasteiger partial charge on any atom is 0.319 e. The normalized spacial score (nSPS) is 15.3. The molecule has 2 N–H and O–H groups in total. The van der Waals surface area contributed by atoms with Crippen LogP contribution in [0, 0.1) is 5.92 Å². The molecule has 1 heterocycles. The predicted octanol–water partition coefficient (Wildman–Crippen LogP) is -0.884. The summed E-state index contributed by atoms with van der Waals surface area (Å²) >= 11 is 0. The summed E-state index contributed by atoms with van der Waals surface area (Å²) in [5.41, 5.74) is 0. The summed E-state index contributed by atoms with van der Waals surface area (Å²) in [5, 5.41) is 17.1. The van der Waals surface area contributed by atoms with Gasteiger partial charge in [-0.2, -0.15) is 0 Å². The minimum Gasteiger partial charge on any atom is -0.481 e. The van der Waals surface area contributed by atoms with Crippen molar-refractivity contribution in [3.63, 3.8) is 0 Å². The average molecular weight is 186 g/mol. The van der Waals surface area contributed by atoms with Crippen LogP contribution in [0.4, 0.5) is 0 Å². The van der Waals surface area contributed by atoms with Crippen LogP contribution in [0.1, 0.15) is 0 Å². The first-order chi connectivity index (χ1) is 6.11. The zero-order valence-electron chi connectivity index (χ0n) is 6.88. The van der Waals surface area contributed by atoms with Crippen LogP contribution >= 0.6 is 0 Å². The van der Waals surface area contributed by atoms with Gasteiger partial charge in [-0.15, -0.1) is 0 Å². The molecule has 0 unspecified atom stereocenters. The number of aliphatic imine (C=N–C) groups is 1. The first kappa shape index (κ1) is 9.50. The lowest BCUT2D eigenvalue weighted by molar-refractivity contribution is -0.154. The standard InChI is InChI=1S/C7H10N2O4/c10-6(11)5(7(12)13)3-9-2-1-8-4-9/h4-5H,1-3H2,(H,10,11)(H,12,13). The Bertz CT molecular complexity index is 237. The first-order valence-electron chi connectivity index (χ1n) is 3.81. The van der Waals surface area contributed by atoms with Crippen molar-refractivity contribution < 1.29 is 19.8 Å². The smallest absolute Gasteiger partial charge is 0.319 e. The maximum absolute atomic E-state index is 10.5. The van der Waals surface area contributed by atoms with Gasteiger partial charge in [0.1, 0.15) is 0 Å². The van der Waals surface area contributed by atoms with Gasteiger partial charge < -0.3 is 15.1 Å². The second kappa shape index (κ2) is 3.88. The second-order valence-electron chi connectivity index (χ2n) is 2.75. The molecule has 13 heavy (non-hydrogen) atoms. The Hall–Kier alpha value is -1.59. The summed E-state index contributed by atoms with van der Waals surface area (Å²) in [6.45, 7) is 1.18. The van der Waals surface area contributed by atoms with Gasteiger partial charge in [-0.3, -0.25) is 14.6 Å². The Morgan fingerprint density at radius 2 is 2.08 bits per heavy atom. The highest BCUT2D eigenvalue weighted by Gasteiger charge is 2.28. The minimum absolute atomic E-state index is 0.0197. The van der Waals surface area contributed by atoms with Crippen LogP contribution in [-0.2, 0) is 9.59 Å². The van der Waals surface area contributed by atoms with E-state index in [1.54, 1.807) is 4.90 Å². The van der Waals surface area contributed by atoms with Crippen molar-refractivity contribution in [1.82, 2.24) is 4.90 Å². The van der Waals surface area contributed by atoms with E-state index in [9.17, 15) is 9.59 Å². The molecule has 1 aliphatic heterocycles. The fraction of sp³-hybridized carbons (Fsp3) is 0.571. The number of hydrogen-bond donors (Lipinski definition) is 2. The summed E-state index contributed by atoms with van der Waals surface area (Å²) in [7, 11) is 0. The van der Waals surface area contributed by atoms with Crippen LogP contribution in [-0.4, -0.2) is 53.0 Å². The lowest BCUT2D eigenvalue weighted by Crippen LogP contribution is -2.36. The van der Waals surface area contributed by atoms with E-state index < -0.39 is 17.9 Å². The lowest BCUT2D eigenvalue weighted by atomic mass is 10.1. The van der Waals surface area contributed by atoms with Gasteiger partial charge in [-0.1, -0.05) is 0 Å². The van der Waals surface area contributed by atoms with Gasteiger partial charge >= 0.3 is 11.9 Å². The Kier molecular flexibility index (Phi) is 2.84. The van der Waals surface area contributed by atoms with Crippen LogP contribution in [0.2, 0.25) is 0 Å². The molecule has 0 fully saturated rings. The van der Waals surface area contributed by atoms with Crippen LogP contribution < -0.4 is 0 Å². The third-order valence-electron chi connectivity index (χ3n) is 1.77. The highest BCUT2D eigenvalue weighted by atomic mass is 16.4. The zero-order chi connectivity index (χ0) is 9.84. The Morgan fingerprint density at radius 1 is 1.46 bits per heavy atom. The van der Waals surface area contributed by atoms with E-state index in [-0.39, 0.29) is 6.54 Å². The van der Waals surface area contributed by atoms with Crippen molar-refractivity contribution in [2.75, 3.05) is 19.6 Å². The highest BCUT2D eigenvalue weighted by Crippen LogP contribution is 2.03. The van der Waals surface area contributed by atoms with E-state index in [1.165, 1.54) is 6.34 Å². The summed E-state index contributed by atoms with van der Waals surface area (Å²) in [5.74, 6) is -4.00. The van der Waals surface area contributed by atoms with Gasteiger partial charge in [0.2, 0.25) is 0 Å². The molecule has 0 amide bonds. The molecule has 0 aliphatic carbocycles. The maximum atomic E-state index is 10.5. The molecule has 0 saturated heterocycles. The summed E-state index contributed by atoms with van der Waals surface area (Å²) < 4.78 is 0. The molecule has 0 aromatic carbocycles. The number of aliphatic carboxylic acids is 2. The van der Waals surface area contributed by atoms with Gasteiger partial charge in [-0.25, -0.2) is 0 Å². The van der Waals surface area contributed by atoms with Crippen molar-refractivity contribution >= 4 is 18.3 Å². The van der Waals surface area contributed by atoms with Gasteiger partial charge in [-0.05, 0) is 0 Å². The van der Waals surface area contributed by atoms with Gasteiger partial charge in [0.25, 0.3) is 0 Å². The average Bonchev–Trinajstić information content (AvgIpc) is 2.50. The number of carboxylic acids is 2. The quantitative estimate of drug-likeness (QED) is 0.556. The van der Waals surface area contributed by atoms with Crippen molar-refractivity contribution in [2.24, 2.45) is 10.9 Å². The highest BCUT2D eigenvalue weighted by molar-refractivity contribution is 5.93. The predicted molar refractivity (Wildman–Crippen MR) is 43.7 cm³/mol. The van der Waals surface area contributed by atoms with Crippen molar-refractivity contribution in [3.05, 3.63) is 0 Å². The zero-order valence-corrected chi connectivity index (χ0v) is 6.88. The van der Waals surface area contributed by atoms with Gasteiger partial charge in [0.05, 0.1) is 12.9 Å². The topological polar surface area (TPSA) is 90.2 Å². The fourth-order valence-electron chi connectivity index (χ4n) is 1.05. The van der Waals surface area contributed by atoms with Gasteiger partial charge in [0.15, 0.2) is 5.92 Å². The molecule has 0 atom stereocenters. The summed E-state index contributed by atoms with van der Waals surface area (Å²) in [4.78, 5) is 26.4. The first-order valence-corrected chi connectivity index (χ1v) is 3.81. The van der Waals surface area contributed by atoms with Crippen LogP contribution in [0.15, 0.2) is 4.99 Å². The van der Waals surface area contributed by atoms with E-state index in [1.807, 2.05) is 0 Å². The van der Waals surface area contributed by atoms with Crippen LogP contribution in [0.3, 0.4) is 0 Å². The van der Waals surface area contributed by atoms with Crippen LogP contribution in [0.5, 0.6) is 0 Å². The number of hydrogen-bond acceptors (Lipinski definition) is 4. The van der Waals surface area contributed by atoms with E-state index in [0.29, 0.717) is 13.1 Å². The number of carboxylic acid groups (broad SMARTS) is 2.